The number of likely N-dealkylation sites (tertiary alicyclic amines) is 1. The fraction of sp³-hybridized carbons (Fsp3) is 0.500. The van der Waals surface area contributed by atoms with Crippen molar-refractivity contribution in [2.24, 2.45) is 0 Å². The molecule has 0 atom stereocenters. The minimum absolute atomic E-state index is 0.0932. The lowest BCUT2D eigenvalue weighted by Crippen LogP contribution is -2.52. The third kappa shape index (κ3) is 4.09. The van der Waals surface area contributed by atoms with Gasteiger partial charge in [0.25, 0.3) is 5.91 Å². The van der Waals surface area contributed by atoms with Gasteiger partial charge in [-0.15, -0.1) is 11.3 Å². The average Bonchev–Trinajstić information content (AvgIpc) is 3.40. The molecule has 2 saturated heterocycles. The van der Waals surface area contributed by atoms with Gasteiger partial charge in [0.05, 0.1) is 12.2 Å². The van der Waals surface area contributed by atoms with Crippen LogP contribution in [0.5, 0.6) is 0 Å². The molecule has 2 aromatic heterocycles. The maximum Gasteiger partial charge on any atom is 0.266 e. The van der Waals surface area contributed by atoms with Gasteiger partial charge in [0.15, 0.2) is 0 Å². The topological polar surface area (TPSA) is 48.8 Å². The molecule has 0 bridgehead atoms. The van der Waals surface area contributed by atoms with Crippen molar-refractivity contribution in [2.45, 2.75) is 19.3 Å². The summed E-state index contributed by atoms with van der Waals surface area (Å²) in [7, 11) is 0. The zero-order chi connectivity index (χ0) is 18.6. The molecule has 2 aliphatic heterocycles. The largest absolute Gasteiger partial charge is 0.342 e. The summed E-state index contributed by atoms with van der Waals surface area (Å²) in [6, 6.07) is 5.92. The number of thiophene rings is 1. The van der Waals surface area contributed by atoms with Crippen molar-refractivity contribution in [3.8, 4) is 5.69 Å². The fourth-order valence-electron chi connectivity index (χ4n) is 3.85. The second kappa shape index (κ2) is 8.27. The van der Waals surface area contributed by atoms with E-state index in [0.717, 1.165) is 49.6 Å². The Bertz CT molecular complexity index is 772. The van der Waals surface area contributed by atoms with Gasteiger partial charge >= 0.3 is 0 Å². The van der Waals surface area contributed by atoms with Gasteiger partial charge < -0.3 is 14.4 Å². The van der Waals surface area contributed by atoms with Gasteiger partial charge in [0, 0.05) is 51.7 Å². The maximum absolute atomic E-state index is 13.0. The second-order valence-corrected chi connectivity index (χ2v) is 8.15. The highest BCUT2D eigenvalue weighted by molar-refractivity contribution is 7.12. The molecule has 0 unspecified atom stereocenters. The number of amides is 2. The number of hydrogen-bond acceptors (Lipinski definition) is 4. The molecule has 144 valence electrons. The normalized spacial score (nSPS) is 18.7. The molecule has 7 heteroatoms. The summed E-state index contributed by atoms with van der Waals surface area (Å²) >= 11 is 1.49. The number of carbonyl (C=O) groups excluding carboxylic acids is 2. The van der Waals surface area contributed by atoms with Crippen molar-refractivity contribution in [3.05, 3.63) is 40.8 Å². The lowest BCUT2D eigenvalue weighted by molar-refractivity contribution is -0.133. The Hall–Kier alpha value is -2.12. The Morgan fingerprint density at radius 3 is 2.30 bits per heavy atom. The summed E-state index contributed by atoms with van der Waals surface area (Å²) in [5.41, 5.74) is 0.942. The first kappa shape index (κ1) is 18.3. The van der Waals surface area contributed by atoms with E-state index in [1.165, 1.54) is 17.8 Å². The lowest BCUT2D eigenvalue weighted by atomic mass is 10.1. The molecular formula is C20H26N4O2S. The van der Waals surface area contributed by atoms with Crippen LogP contribution in [-0.4, -0.2) is 76.9 Å². The Kier molecular flexibility index (Phi) is 5.59. The predicted molar refractivity (Wildman–Crippen MR) is 106 cm³/mol. The molecular weight excluding hydrogens is 360 g/mol. The fourth-order valence-corrected chi connectivity index (χ4v) is 4.71. The molecule has 0 radical (unpaired) electrons. The first-order chi connectivity index (χ1) is 13.2. The Labute approximate surface area is 164 Å². The monoisotopic (exact) mass is 386 g/mol. The summed E-state index contributed by atoms with van der Waals surface area (Å²) in [4.78, 5) is 32.3. The quantitative estimate of drug-likeness (QED) is 0.810. The van der Waals surface area contributed by atoms with E-state index in [4.69, 9.17) is 0 Å². The van der Waals surface area contributed by atoms with Crippen LogP contribution in [0.25, 0.3) is 5.69 Å². The molecule has 0 N–H and O–H groups in total. The van der Waals surface area contributed by atoms with Crippen LogP contribution in [0.2, 0.25) is 0 Å². The molecule has 2 fully saturated rings. The van der Waals surface area contributed by atoms with Gasteiger partial charge in [-0.1, -0.05) is 0 Å². The van der Waals surface area contributed by atoms with Crippen LogP contribution in [0.15, 0.2) is 36.0 Å². The lowest BCUT2D eigenvalue weighted by Gasteiger charge is -2.36. The SMILES string of the molecule is O=C(CN1CCN(C(=O)c2sccc2-n2cccc2)CC1)N1CCCCC1. The van der Waals surface area contributed by atoms with Crippen molar-refractivity contribution < 1.29 is 9.59 Å². The minimum Gasteiger partial charge on any atom is -0.342 e. The van der Waals surface area contributed by atoms with E-state index < -0.39 is 0 Å². The minimum atomic E-state index is 0.0932. The standard InChI is InChI=1S/C20H26N4O2S/c25-18(23-9-2-1-3-10-23)16-21-11-13-24(14-12-21)20(26)19-17(6-15-27-19)22-7-4-5-8-22/h4-8,15H,1-3,9-14,16H2. The summed E-state index contributed by atoms with van der Waals surface area (Å²) in [6.07, 6.45) is 7.40. The van der Waals surface area contributed by atoms with Crippen LogP contribution < -0.4 is 0 Å². The summed E-state index contributed by atoms with van der Waals surface area (Å²) in [5.74, 6) is 0.332. The highest BCUT2D eigenvalue weighted by Crippen LogP contribution is 2.23. The predicted octanol–water partition coefficient (Wildman–Crippen LogP) is 2.31. The molecule has 2 aromatic rings. The number of hydrogen-bond donors (Lipinski definition) is 0. The first-order valence-electron chi connectivity index (χ1n) is 9.72. The van der Waals surface area contributed by atoms with Gasteiger partial charge in [-0.05, 0) is 42.8 Å². The molecule has 0 saturated carbocycles. The van der Waals surface area contributed by atoms with Crippen molar-refractivity contribution in [1.82, 2.24) is 19.3 Å². The van der Waals surface area contributed by atoms with E-state index in [9.17, 15) is 9.59 Å². The Balaban J connectivity index is 1.32. The van der Waals surface area contributed by atoms with E-state index in [1.54, 1.807) is 0 Å². The van der Waals surface area contributed by atoms with E-state index in [2.05, 4.69) is 4.90 Å². The van der Waals surface area contributed by atoms with E-state index in [1.807, 2.05) is 50.3 Å². The van der Waals surface area contributed by atoms with Crippen LogP contribution in [0.1, 0.15) is 28.9 Å². The van der Waals surface area contributed by atoms with Crippen LogP contribution in [0.3, 0.4) is 0 Å². The number of nitrogens with zero attached hydrogens (tertiary/aromatic N) is 4. The van der Waals surface area contributed by atoms with Crippen LogP contribution in [0, 0.1) is 0 Å². The number of piperidine rings is 1. The summed E-state index contributed by atoms with van der Waals surface area (Å²) in [6.45, 7) is 5.15. The highest BCUT2D eigenvalue weighted by atomic mass is 32.1. The summed E-state index contributed by atoms with van der Waals surface area (Å²) < 4.78 is 1.98. The van der Waals surface area contributed by atoms with Crippen molar-refractivity contribution in [3.63, 3.8) is 0 Å². The zero-order valence-corrected chi connectivity index (χ0v) is 16.4. The first-order valence-corrected chi connectivity index (χ1v) is 10.6. The third-order valence-electron chi connectivity index (χ3n) is 5.45. The molecule has 4 rings (SSSR count). The van der Waals surface area contributed by atoms with Gasteiger partial charge in [0.1, 0.15) is 4.88 Å². The Morgan fingerprint density at radius 1 is 0.889 bits per heavy atom. The van der Waals surface area contributed by atoms with E-state index in [-0.39, 0.29) is 11.8 Å². The van der Waals surface area contributed by atoms with E-state index in [0.29, 0.717) is 19.6 Å². The molecule has 2 aliphatic rings. The zero-order valence-electron chi connectivity index (χ0n) is 15.5. The molecule has 6 nitrogen and oxygen atoms in total. The molecule has 27 heavy (non-hydrogen) atoms. The van der Waals surface area contributed by atoms with Crippen molar-refractivity contribution >= 4 is 23.2 Å². The highest BCUT2D eigenvalue weighted by Gasteiger charge is 2.27. The molecule has 0 spiro atoms. The molecule has 0 aliphatic carbocycles. The number of piperazine rings is 1. The average molecular weight is 387 g/mol. The van der Waals surface area contributed by atoms with Gasteiger partial charge in [-0.3, -0.25) is 14.5 Å². The maximum atomic E-state index is 13.0. The number of rotatable bonds is 4. The van der Waals surface area contributed by atoms with Crippen LogP contribution in [0.4, 0.5) is 0 Å². The van der Waals surface area contributed by atoms with Crippen molar-refractivity contribution in [1.29, 1.82) is 0 Å². The van der Waals surface area contributed by atoms with Crippen molar-refractivity contribution in [2.75, 3.05) is 45.8 Å². The number of carbonyl (C=O) groups is 2. The van der Waals surface area contributed by atoms with E-state index >= 15 is 0 Å². The molecule has 0 aromatic carbocycles. The van der Waals surface area contributed by atoms with Gasteiger partial charge in [-0.25, -0.2) is 0 Å². The molecule has 2 amide bonds. The van der Waals surface area contributed by atoms with Gasteiger partial charge in [-0.2, -0.15) is 0 Å². The second-order valence-electron chi connectivity index (χ2n) is 7.24. The third-order valence-corrected chi connectivity index (χ3v) is 6.34. The van der Waals surface area contributed by atoms with Crippen LogP contribution >= 0.6 is 11.3 Å². The summed E-state index contributed by atoms with van der Waals surface area (Å²) in [5, 5.41) is 1.97. The van der Waals surface area contributed by atoms with Crippen LogP contribution in [-0.2, 0) is 4.79 Å². The van der Waals surface area contributed by atoms with Gasteiger partial charge in [0.2, 0.25) is 5.91 Å². The smallest absolute Gasteiger partial charge is 0.266 e. The Morgan fingerprint density at radius 2 is 1.59 bits per heavy atom. The number of aromatic nitrogens is 1. The molecule has 4 heterocycles.